The van der Waals surface area contributed by atoms with Gasteiger partial charge in [0.1, 0.15) is 11.9 Å². The van der Waals surface area contributed by atoms with Crippen LogP contribution in [0.15, 0.2) is 36.4 Å². The molecule has 7 nitrogen and oxygen atoms in total. The molecule has 4 aliphatic rings. The number of benzene rings is 1. The number of ether oxygens (including phenoxy) is 1. The van der Waals surface area contributed by atoms with Crippen molar-refractivity contribution in [1.29, 1.82) is 0 Å². The summed E-state index contributed by atoms with van der Waals surface area (Å²) in [6, 6.07) is 6.43. The SMILES string of the molecule is COc1ccc(NC(=O)N[C@@H](C)N2C(=O)[C@@H]3[C@H](C2=O)[C@H]2C=C[C@H]3CC2)cc1. The number of nitrogens with zero attached hydrogens (tertiary/aromatic N) is 1. The molecule has 27 heavy (non-hydrogen) atoms. The van der Waals surface area contributed by atoms with Crippen LogP contribution in [-0.4, -0.2) is 36.0 Å². The minimum absolute atomic E-state index is 0.141. The highest BCUT2D eigenvalue weighted by atomic mass is 16.5. The summed E-state index contributed by atoms with van der Waals surface area (Å²) in [5, 5.41) is 5.40. The summed E-state index contributed by atoms with van der Waals surface area (Å²) in [4.78, 5) is 39.3. The molecule has 1 aromatic rings. The highest BCUT2D eigenvalue weighted by Crippen LogP contribution is 2.49. The van der Waals surface area contributed by atoms with E-state index in [2.05, 4.69) is 22.8 Å². The molecule has 2 N–H and O–H groups in total. The Bertz CT molecular complexity index is 772. The molecule has 4 amide bonds. The van der Waals surface area contributed by atoms with Crippen molar-refractivity contribution in [1.82, 2.24) is 10.2 Å². The number of hydrogen-bond donors (Lipinski definition) is 2. The molecular weight excluding hydrogens is 346 g/mol. The monoisotopic (exact) mass is 369 g/mol. The molecule has 0 unspecified atom stereocenters. The lowest BCUT2D eigenvalue weighted by atomic mass is 9.63. The Labute approximate surface area is 157 Å². The molecule has 5 atom stereocenters. The smallest absolute Gasteiger partial charge is 0.320 e. The van der Waals surface area contributed by atoms with Crippen LogP contribution in [0.3, 0.4) is 0 Å². The van der Waals surface area contributed by atoms with E-state index in [1.807, 2.05) is 0 Å². The van der Waals surface area contributed by atoms with E-state index in [0.29, 0.717) is 11.4 Å². The summed E-state index contributed by atoms with van der Waals surface area (Å²) in [6.07, 6.45) is 5.37. The molecule has 0 aromatic heterocycles. The molecule has 2 bridgehead atoms. The summed E-state index contributed by atoms with van der Waals surface area (Å²) in [5.41, 5.74) is 0.593. The Balaban J connectivity index is 1.42. The summed E-state index contributed by atoms with van der Waals surface area (Å²) < 4.78 is 5.08. The van der Waals surface area contributed by atoms with Gasteiger partial charge in [0.15, 0.2) is 0 Å². The van der Waals surface area contributed by atoms with Gasteiger partial charge >= 0.3 is 6.03 Å². The maximum atomic E-state index is 12.9. The third kappa shape index (κ3) is 2.97. The van der Waals surface area contributed by atoms with E-state index in [0.717, 1.165) is 12.8 Å². The normalized spacial score (nSPS) is 29.5. The van der Waals surface area contributed by atoms with E-state index in [9.17, 15) is 14.4 Å². The predicted molar refractivity (Wildman–Crippen MR) is 98.8 cm³/mol. The van der Waals surface area contributed by atoms with Gasteiger partial charge < -0.3 is 15.4 Å². The molecule has 142 valence electrons. The molecule has 1 saturated heterocycles. The second-order valence-corrected chi connectivity index (χ2v) is 7.39. The molecule has 1 heterocycles. The van der Waals surface area contributed by atoms with Crippen LogP contribution in [0.5, 0.6) is 5.75 Å². The average molecular weight is 369 g/mol. The summed E-state index contributed by atoms with van der Waals surface area (Å²) >= 11 is 0. The fraction of sp³-hybridized carbons (Fsp3) is 0.450. The number of fused-ring (bicyclic) bond motifs is 1. The van der Waals surface area contributed by atoms with Gasteiger partial charge in [0.25, 0.3) is 0 Å². The average Bonchev–Trinajstić information content (AvgIpc) is 2.96. The first-order chi connectivity index (χ1) is 13.0. The van der Waals surface area contributed by atoms with Gasteiger partial charge in [-0.3, -0.25) is 14.5 Å². The fourth-order valence-electron chi connectivity index (χ4n) is 4.57. The number of carbonyl (C=O) groups excluding carboxylic acids is 3. The van der Waals surface area contributed by atoms with Crippen molar-refractivity contribution in [2.24, 2.45) is 23.7 Å². The quantitative estimate of drug-likeness (QED) is 0.630. The molecule has 1 saturated carbocycles. The topological polar surface area (TPSA) is 87.7 Å². The van der Waals surface area contributed by atoms with E-state index in [1.54, 1.807) is 38.3 Å². The third-order valence-corrected chi connectivity index (χ3v) is 5.87. The number of hydrogen-bond acceptors (Lipinski definition) is 4. The lowest BCUT2D eigenvalue weighted by Crippen LogP contribution is -2.50. The van der Waals surface area contributed by atoms with E-state index in [4.69, 9.17) is 4.74 Å². The van der Waals surface area contributed by atoms with E-state index in [-0.39, 0.29) is 35.5 Å². The first kappa shape index (κ1) is 17.6. The molecule has 1 aromatic carbocycles. The van der Waals surface area contributed by atoms with Crippen molar-refractivity contribution < 1.29 is 19.1 Å². The van der Waals surface area contributed by atoms with Crippen LogP contribution in [0.4, 0.5) is 10.5 Å². The molecule has 0 spiro atoms. The van der Waals surface area contributed by atoms with Gasteiger partial charge in [0.2, 0.25) is 11.8 Å². The molecular formula is C20H23N3O4. The number of anilines is 1. The standard InChI is InChI=1S/C20H23N3O4/c1-11(21-20(26)22-14-7-9-15(27-2)10-8-14)23-18(24)16-12-3-4-13(6-5-12)17(16)19(23)25/h3-4,7-13,16-17H,5-6H2,1-2H3,(H2,21,22,26)/t11-,12+,13+,16-,17+/m1/s1. The Morgan fingerprint density at radius 3 is 2.11 bits per heavy atom. The zero-order valence-corrected chi connectivity index (χ0v) is 15.3. The van der Waals surface area contributed by atoms with Crippen LogP contribution in [0.2, 0.25) is 0 Å². The maximum Gasteiger partial charge on any atom is 0.320 e. The number of imide groups is 1. The predicted octanol–water partition coefficient (Wildman–Crippen LogP) is 2.36. The van der Waals surface area contributed by atoms with Crippen molar-refractivity contribution >= 4 is 23.5 Å². The molecule has 3 aliphatic carbocycles. The second kappa shape index (κ2) is 6.72. The summed E-state index contributed by atoms with van der Waals surface area (Å²) in [7, 11) is 1.57. The summed E-state index contributed by atoms with van der Waals surface area (Å²) in [5.74, 6) is 0.102. The minimum Gasteiger partial charge on any atom is -0.497 e. The first-order valence-electron chi connectivity index (χ1n) is 9.26. The van der Waals surface area contributed by atoms with Crippen molar-refractivity contribution in [2.45, 2.75) is 25.9 Å². The van der Waals surface area contributed by atoms with Crippen LogP contribution < -0.4 is 15.4 Å². The number of nitrogens with one attached hydrogen (secondary N) is 2. The fourth-order valence-corrected chi connectivity index (χ4v) is 4.57. The van der Waals surface area contributed by atoms with Gasteiger partial charge in [-0.05, 0) is 55.9 Å². The van der Waals surface area contributed by atoms with Crippen LogP contribution in [0.1, 0.15) is 19.8 Å². The lowest BCUT2D eigenvalue weighted by Gasteiger charge is -2.38. The Morgan fingerprint density at radius 1 is 1.07 bits per heavy atom. The Morgan fingerprint density at radius 2 is 1.63 bits per heavy atom. The highest BCUT2D eigenvalue weighted by Gasteiger charge is 2.57. The third-order valence-electron chi connectivity index (χ3n) is 5.87. The van der Waals surface area contributed by atoms with Gasteiger partial charge in [-0.25, -0.2) is 4.79 Å². The molecule has 1 aliphatic heterocycles. The van der Waals surface area contributed by atoms with Gasteiger partial charge in [0.05, 0.1) is 18.9 Å². The van der Waals surface area contributed by atoms with Crippen molar-refractivity contribution in [3.8, 4) is 5.75 Å². The molecule has 7 heteroatoms. The van der Waals surface area contributed by atoms with Crippen molar-refractivity contribution in [3.63, 3.8) is 0 Å². The van der Waals surface area contributed by atoms with Gasteiger partial charge in [-0.1, -0.05) is 12.2 Å². The van der Waals surface area contributed by atoms with Gasteiger partial charge in [0, 0.05) is 5.69 Å². The number of rotatable bonds is 4. The zero-order valence-electron chi connectivity index (χ0n) is 15.3. The number of carbonyl (C=O) groups is 3. The molecule has 5 rings (SSSR count). The Hall–Kier alpha value is -2.83. The molecule has 2 fully saturated rings. The van der Waals surface area contributed by atoms with E-state index in [1.165, 1.54) is 4.90 Å². The van der Waals surface area contributed by atoms with Crippen LogP contribution >= 0.6 is 0 Å². The van der Waals surface area contributed by atoms with Crippen LogP contribution in [0, 0.1) is 23.7 Å². The largest absolute Gasteiger partial charge is 0.497 e. The number of methoxy groups -OCH3 is 1. The minimum atomic E-state index is -0.701. The molecule has 0 radical (unpaired) electrons. The van der Waals surface area contributed by atoms with Crippen LogP contribution in [0.25, 0.3) is 0 Å². The van der Waals surface area contributed by atoms with Crippen molar-refractivity contribution in [3.05, 3.63) is 36.4 Å². The number of amides is 4. The van der Waals surface area contributed by atoms with Gasteiger partial charge in [-0.15, -0.1) is 0 Å². The highest BCUT2D eigenvalue weighted by molar-refractivity contribution is 6.06. The number of urea groups is 1. The second-order valence-electron chi connectivity index (χ2n) is 7.39. The summed E-state index contributed by atoms with van der Waals surface area (Å²) in [6.45, 7) is 1.66. The number of likely N-dealkylation sites (tertiary alicyclic amines) is 1. The number of allylic oxidation sites excluding steroid dienone is 2. The van der Waals surface area contributed by atoms with E-state index >= 15 is 0 Å². The van der Waals surface area contributed by atoms with Crippen LogP contribution in [-0.2, 0) is 9.59 Å². The van der Waals surface area contributed by atoms with E-state index < -0.39 is 12.2 Å². The van der Waals surface area contributed by atoms with Gasteiger partial charge in [-0.2, -0.15) is 0 Å². The lowest BCUT2D eigenvalue weighted by molar-refractivity contribution is -0.142. The maximum absolute atomic E-state index is 12.9. The zero-order chi connectivity index (χ0) is 19.1. The first-order valence-corrected chi connectivity index (χ1v) is 9.26. The van der Waals surface area contributed by atoms with Crippen molar-refractivity contribution in [2.75, 3.05) is 12.4 Å². The Kier molecular flexibility index (Phi) is 4.37.